The fourth-order valence-electron chi connectivity index (χ4n) is 8.17. The second-order valence-corrected chi connectivity index (χ2v) is 15.5. The van der Waals surface area contributed by atoms with Gasteiger partial charge in [-0.25, -0.2) is 0 Å². The second-order valence-electron chi connectivity index (χ2n) is 15.5. The zero-order valence-electron chi connectivity index (χ0n) is 31.9. The smallest absolute Gasteiger partial charge is 0.316 e. The van der Waals surface area contributed by atoms with Crippen LogP contribution < -0.4 is 0 Å². The van der Waals surface area contributed by atoms with Gasteiger partial charge in [-0.3, -0.25) is 19.2 Å². The molecule has 15 nitrogen and oxygen atoms in total. The highest BCUT2D eigenvalue weighted by Gasteiger charge is 2.52. The molecule has 3 heterocycles. The number of aliphatic hydroxyl groups is 2. The van der Waals surface area contributed by atoms with Crippen LogP contribution >= 0.6 is 0 Å². The first-order valence-electron chi connectivity index (χ1n) is 18.2. The van der Waals surface area contributed by atoms with E-state index in [1.807, 2.05) is 0 Å². The molecule has 2 N–H and O–H groups in total. The van der Waals surface area contributed by atoms with E-state index >= 15 is 0 Å². The zero-order chi connectivity index (χ0) is 38.4. The van der Waals surface area contributed by atoms with Gasteiger partial charge in [0.25, 0.3) is 0 Å². The van der Waals surface area contributed by atoms with Crippen LogP contribution in [0, 0.1) is 41.4 Å². The summed E-state index contributed by atoms with van der Waals surface area (Å²) < 4.78 is 30.3. The van der Waals surface area contributed by atoms with Gasteiger partial charge >= 0.3 is 11.9 Å². The van der Waals surface area contributed by atoms with E-state index in [2.05, 4.69) is 10.0 Å². The number of unbranched alkanes of at least 4 members (excludes halogenated alkanes) is 1. The number of carbonyl (C=O) groups excluding carboxylic acids is 4. The van der Waals surface area contributed by atoms with Gasteiger partial charge in [0.2, 0.25) is 0 Å². The van der Waals surface area contributed by atoms with Crippen LogP contribution in [0.3, 0.4) is 0 Å². The average molecular weight is 725 g/mol. The molecule has 3 aliphatic heterocycles. The SMILES string of the molecule is CO[C@@]1(C)CC(C)C(=O)C(C)[C@@H]2CC(OC(=O)C(C)C(=O)C(C)[C@H]1OC1OC(C)C(O)C(N(C)C)C1O)[C@H](C)COC(=O)C2CCCCN=[N+]=[N-]. The van der Waals surface area contributed by atoms with Gasteiger partial charge in [0.05, 0.1) is 42.5 Å². The predicted octanol–water partition coefficient (Wildman–Crippen LogP) is 3.47. The summed E-state index contributed by atoms with van der Waals surface area (Å²) in [4.78, 5) is 60.3. The van der Waals surface area contributed by atoms with Crippen molar-refractivity contribution in [2.75, 3.05) is 34.4 Å². The van der Waals surface area contributed by atoms with E-state index < -0.39 is 108 Å². The molecule has 3 fully saturated rings. The number of rotatable bonds is 9. The first kappa shape index (κ1) is 42.8. The number of carbonyl (C=O) groups is 4. The van der Waals surface area contributed by atoms with Crippen molar-refractivity contribution in [1.29, 1.82) is 0 Å². The molecule has 11 unspecified atom stereocenters. The standard InChI is InChI=1S/C36H60N4O11/c1-18-16-36(7,47-10)32(51-35-31(44)27(40(8)9)30(43)23(6)49-35)21(4)29(42)22(5)33(45)50-26-15-25(20(3)28(18)41)24(13-11-12-14-38-39-37)34(46)48-17-19(26)2/h18-27,30-32,35,43-44H,11-17H2,1-10H3/t18?,19-,20?,21?,22?,23?,24?,25+,26?,27?,30?,31?,32-,35?,36+/m1/s1. The quantitative estimate of drug-likeness (QED) is 0.0876. The molecule has 0 aliphatic carbocycles. The van der Waals surface area contributed by atoms with Crippen molar-refractivity contribution < 1.29 is 53.1 Å². The lowest BCUT2D eigenvalue weighted by Gasteiger charge is -2.48. The summed E-state index contributed by atoms with van der Waals surface area (Å²) in [7, 11) is 4.88. The average Bonchev–Trinajstić information content (AvgIpc) is 3.08. The summed E-state index contributed by atoms with van der Waals surface area (Å²) in [5.41, 5.74) is 7.35. The largest absolute Gasteiger partial charge is 0.465 e. The van der Waals surface area contributed by atoms with Crippen LogP contribution in [0.25, 0.3) is 10.4 Å². The lowest BCUT2D eigenvalue weighted by atomic mass is 9.69. The summed E-state index contributed by atoms with van der Waals surface area (Å²) in [6, 6.07) is -0.750. The molecule has 15 atom stereocenters. The Kier molecular flexibility index (Phi) is 15.4. The van der Waals surface area contributed by atoms with Crippen molar-refractivity contribution in [3.8, 4) is 0 Å². The zero-order valence-corrected chi connectivity index (χ0v) is 31.9. The van der Waals surface area contributed by atoms with Crippen molar-refractivity contribution in [1.82, 2.24) is 4.90 Å². The highest BCUT2D eigenvalue weighted by Crippen LogP contribution is 2.41. The molecule has 3 rings (SSSR count). The Hall–Kier alpha value is -2.65. The van der Waals surface area contributed by atoms with Gasteiger partial charge in [0.1, 0.15) is 23.9 Å². The van der Waals surface area contributed by atoms with E-state index in [0.29, 0.717) is 19.3 Å². The summed E-state index contributed by atoms with van der Waals surface area (Å²) in [6.07, 6.45) is -4.41. The molecule has 0 aromatic rings. The Labute approximate surface area is 301 Å². The maximum absolute atomic E-state index is 14.4. The lowest BCUT2D eigenvalue weighted by Crippen LogP contribution is -2.64. The number of aliphatic hydroxyl groups excluding tert-OH is 2. The van der Waals surface area contributed by atoms with Crippen molar-refractivity contribution in [3.05, 3.63) is 10.4 Å². The van der Waals surface area contributed by atoms with E-state index in [-0.39, 0.29) is 31.8 Å². The minimum Gasteiger partial charge on any atom is -0.465 e. The number of nitrogens with zero attached hydrogens (tertiary/aromatic N) is 4. The molecule has 0 radical (unpaired) electrons. The third-order valence-electron chi connectivity index (χ3n) is 11.5. The lowest BCUT2D eigenvalue weighted by molar-refractivity contribution is -0.313. The fourth-order valence-corrected chi connectivity index (χ4v) is 8.17. The third kappa shape index (κ3) is 9.87. The van der Waals surface area contributed by atoms with Crippen LogP contribution in [-0.4, -0.2) is 121 Å². The molecule has 3 aliphatic rings. The predicted molar refractivity (Wildman–Crippen MR) is 185 cm³/mol. The van der Waals surface area contributed by atoms with Crippen molar-refractivity contribution in [2.24, 2.45) is 46.5 Å². The van der Waals surface area contributed by atoms with Crippen molar-refractivity contribution in [3.63, 3.8) is 0 Å². The van der Waals surface area contributed by atoms with Gasteiger partial charge in [-0.1, -0.05) is 39.2 Å². The van der Waals surface area contributed by atoms with Gasteiger partial charge in [-0.15, -0.1) is 0 Å². The molecule has 0 amide bonds. The van der Waals surface area contributed by atoms with Crippen molar-refractivity contribution in [2.45, 2.75) is 129 Å². The Morgan fingerprint density at radius 3 is 2.25 bits per heavy atom. The molecule has 0 spiro atoms. The van der Waals surface area contributed by atoms with Crippen LogP contribution in [0.15, 0.2) is 5.11 Å². The molecule has 0 saturated carbocycles. The molecule has 290 valence electrons. The molecule has 3 saturated heterocycles. The molecule has 0 aromatic heterocycles. The number of methoxy groups -OCH3 is 1. The van der Waals surface area contributed by atoms with Gasteiger partial charge in [-0.2, -0.15) is 0 Å². The Bertz CT molecular complexity index is 1280. The third-order valence-corrected chi connectivity index (χ3v) is 11.5. The molecule has 51 heavy (non-hydrogen) atoms. The van der Waals surface area contributed by atoms with Gasteiger partial charge in [0, 0.05) is 42.2 Å². The maximum atomic E-state index is 14.4. The van der Waals surface area contributed by atoms with E-state index in [9.17, 15) is 29.4 Å². The Morgan fingerprint density at radius 1 is 0.980 bits per heavy atom. The van der Waals surface area contributed by atoms with Crippen LogP contribution in [-0.2, 0) is 42.9 Å². The number of ether oxygens (including phenoxy) is 5. The van der Waals surface area contributed by atoms with Crippen molar-refractivity contribution >= 4 is 23.5 Å². The maximum Gasteiger partial charge on any atom is 0.316 e. The monoisotopic (exact) mass is 724 g/mol. The van der Waals surface area contributed by atoms with Crippen LogP contribution in [0.2, 0.25) is 0 Å². The molecule has 15 heteroatoms. The van der Waals surface area contributed by atoms with E-state index in [0.717, 1.165) is 0 Å². The number of fused-ring (bicyclic) bond motifs is 2. The fraction of sp³-hybridized carbons (Fsp3) is 0.889. The minimum atomic E-state index is -1.32. The number of Topliss-reactive ketones (excluding diaryl/α,β-unsaturated/α-hetero) is 2. The van der Waals surface area contributed by atoms with E-state index in [1.165, 1.54) is 14.0 Å². The highest BCUT2D eigenvalue weighted by atomic mass is 16.7. The first-order chi connectivity index (χ1) is 23.9. The minimum absolute atomic E-state index is 0.00305. The number of hydrogen-bond donors (Lipinski definition) is 2. The summed E-state index contributed by atoms with van der Waals surface area (Å²) >= 11 is 0. The Morgan fingerprint density at radius 2 is 1.65 bits per heavy atom. The summed E-state index contributed by atoms with van der Waals surface area (Å²) in [5, 5.41) is 25.8. The van der Waals surface area contributed by atoms with Gasteiger partial charge < -0.3 is 38.8 Å². The molecular weight excluding hydrogens is 664 g/mol. The van der Waals surface area contributed by atoms with E-state index in [1.54, 1.807) is 60.5 Å². The molecular formula is C36H60N4O11. The molecule has 2 bridgehead atoms. The number of cyclic esters (lactones) is 1. The Balaban J connectivity index is 2.08. The normalized spacial score (nSPS) is 41.8. The summed E-state index contributed by atoms with van der Waals surface area (Å²) in [5.74, 6) is -6.95. The van der Waals surface area contributed by atoms with Gasteiger partial charge in [-0.05, 0) is 72.0 Å². The highest BCUT2D eigenvalue weighted by molar-refractivity contribution is 6.00. The molecule has 0 aromatic carbocycles. The number of hydrogen-bond acceptors (Lipinski definition) is 13. The number of ketones is 2. The van der Waals surface area contributed by atoms with E-state index in [4.69, 9.17) is 29.2 Å². The van der Waals surface area contributed by atoms with Gasteiger partial charge in [0.15, 0.2) is 12.1 Å². The first-order valence-corrected chi connectivity index (χ1v) is 18.2. The number of likely N-dealkylation sites (N-methyl/N-ethyl adjacent to an activating group) is 1. The van der Waals surface area contributed by atoms with Crippen LogP contribution in [0.1, 0.15) is 80.6 Å². The topological polar surface area (TPSA) is 207 Å². The summed E-state index contributed by atoms with van der Waals surface area (Å²) in [6.45, 7) is 12.1. The van der Waals surface area contributed by atoms with Crippen LogP contribution in [0.5, 0.6) is 0 Å². The second kappa shape index (κ2) is 18.4. The van der Waals surface area contributed by atoms with Crippen LogP contribution in [0.4, 0.5) is 0 Å². The number of esters is 2. The number of azide groups is 1.